The zero-order valence-electron chi connectivity index (χ0n) is 9.74. The first-order valence-electron chi connectivity index (χ1n) is 5.26. The molecule has 0 spiro atoms. The average molecular weight is 305 g/mol. The molecule has 1 aromatic rings. The van der Waals surface area contributed by atoms with E-state index in [2.05, 4.69) is 15.5 Å². The number of thioether (sulfide) groups is 1. The Kier molecular flexibility index (Phi) is 4.07. The van der Waals surface area contributed by atoms with Crippen LogP contribution in [0.15, 0.2) is 28.4 Å². The van der Waals surface area contributed by atoms with Crippen molar-refractivity contribution in [1.82, 2.24) is 5.32 Å². The van der Waals surface area contributed by atoms with Crippen LogP contribution >= 0.6 is 11.8 Å². The van der Waals surface area contributed by atoms with E-state index in [1.165, 1.54) is 0 Å². The van der Waals surface area contributed by atoms with Crippen LogP contribution in [0.2, 0.25) is 0 Å². The summed E-state index contributed by atoms with van der Waals surface area (Å²) in [6.07, 6.45) is -3.83. The summed E-state index contributed by atoms with van der Waals surface area (Å²) >= 11 is 1.09. The quantitative estimate of drug-likeness (QED) is 0.518. The van der Waals surface area contributed by atoms with Gasteiger partial charge in [-0.2, -0.15) is 18.3 Å². The minimum absolute atomic E-state index is 0.193. The predicted molar refractivity (Wildman–Crippen MR) is 67.0 cm³/mol. The van der Waals surface area contributed by atoms with Crippen LogP contribution in [0.5, 0.6) is 0 Å². The van der Waals surface area contributed by atoms with E-state index in [0.717, 1.165) is 30.1 Å². The first kappa shape index (κ1) is 14.5. The zero-order chi connectivity index (χ0) is 14.8. The highest BCUT2D eigenvalue weighted by Gasteiger charge is 2.33. The van der Waals surface area contributed by atoms with Crippen molar-refractivity contribution in [3.63, 3.8) is 0 Å². The van der Waals surface area contributed by atoms with E-state index in [9.17, 15) is 22.4 Å². The molecule has 1 aliphatic heterocycles. The van der Waals surface area contributed by atoms with Gasteiger partial charge in [0.2, 0.25) is 5.91 Å². The second-order valence-corrected chi connectivity index (χ2v) is 4.68. The lowest BCUT2D eigenvalue weighted by atomic mass is 10.1. The van der Waals surface area contributed by atoms with Crippen LogP contribution in [-0.4, -0.2) is 23.0 Å². The molecule has 0 radical (unpaired) electrons. The van der Waals surface area contributed by atoms with Gasteiger partial charge in [0.15, 0.2) is 5.17 Å². The fourth-order valence-electron chi connectivity index (χ4n) is 1.41. The Morgan fingerprint density at radius 2 is 2.10 bits per heavy atom. The average Bonchev–Trinajstić information content (AvgIpc) is 2.76. The molecule has 0 aliphatic carbocycles. The Morgan fingerprint density at radius 3 is 2.70 bits per heavy atom. The molecule has 1 fully saturated rings. The van der Waals surface area contributed by atoms with E-state index >= 15 is 0 Å². The van der Waals surface area contributed by atoms with Crippen molar-refractivity contribution in [2.24, 2.45) is 10.2 Å². The molecule has 1 heterocycles. The summed E-state index contributed by atoms with van der Waals surface area (Å²) in [6, 6.07) is 2.25. The molecule has 0 saturated carbocycles. The van der Waals surface area contributed by atoms with E-state index in [-0.39, 0.29) is 22.4 Å². The van der Waals surface area contributed by atoms with E-state index in [4.69, 9.17) is 0 Å². The molecule has 0 aromatic heterocycles. The maximum Gasteiger partial charge on any atom is 0.417 e. The third-order valence-electron chi connectivity index (χ3n) is 2.25. The number of amides is 1. The number of alkyl halides is 3. The smallest absolute Gasteiger partial charge is 0.303 e. The second-order valence-electron chi connectivity index (χ2n) is 3.72. The van der Waals surface area contributed by atoms with Crippen molar-refractivity contribution in [2.45, 2.75) is 6.18 Å². The molecule has 0 bridgehead atoms. The third kappa shape index (κ3) is 3.56. The Hall–Kier alpha value is -1.90. The standard InChI is InChI=1S/C11H7F4N3OS/c12-7-2-1-6(8(3-7)11(13,14)15)4-16-18-10-17-9(19)5-20-10/h1-4H,5H2,(H,17,18,19). The van der Waals surface area contributed by atoms with Gasteiger partial charge in [-0.05, 0) is 18.2 Å². The third-order valence-corrected chi connectivity index (χ3v) is 3.12. The van der Waals surface area contributed by atoms with Crippen molar-refractivity contribution in [3.8, 4) is 0 Å². The summed E-state index contributed by atoms with van der Waals surface area (Å²) in [5.41, 5.74) is -1.44. The number of nitrogens with zero attached hydrogens (tertiary/aromatic N) is 2. The first-order chi connectivity index (χ1) is 9.36. The number of carbonyl (C=O) groups excluding carboxylic acids is 1. The highest BCUT2D eigenvalue weighted by Crippen LogP contribution is 2.31. The van der Waals surface area contributed by atoms with E-state index < -0.39 is 17.6 Å². The minimum atomic E-state index is -4.69. The molecule has 1 amide bonds. The fraction of sp³-hybridized carbons (Fsp3) is 0.182. The van der Waals surface area contributed by atoms with Crippen LogP contribution in [0.25, 0.3) is 0 Å². The number of carbonyl (C=O) groups is 1. The van der Waals surface area contributed by atoms with E-state index in [1.54, 1.807) is 0 Å². The van der Waals surface area contributed by atoms with Crippen molar-refractivity contribution in [2.75, 3.05) is 5.75 Å². The number of amidine groups is 1. The molecule has 2 rings (SSSR count). The number of halogens is 4. The first-order valence-corrected chi connectivity index (χ1v) is 6.25. The Morgan fingerprint density at radius 1 is 1.35 bits per heavy atom. The van der Waals surface area contributed by atoms with Crippen LogP contribution < -0.4 is 5.32 Å². The molecular formula is C11H7F4N3OS. The highest BCUT2D eigenvalue weighted by molar-refractivity contribution is 8.15. The van der Waals surface area contributed by atoms with Gasteiger partial charge in [0, 0.05) is 5.56 Å². The summed E-state index contributed by atoms with van der Waals surface area (Å²) in [7, 11) is 0. The minimum Gasteiger partial charge on any atom is -0.303 e. The van der Waals surface area contributed by atoms with Gasteiger partial charge in [-0.3, -0.25) is 4.79 Å². The molecule has 0 unspecified atom stereocenters. The van der Waals surface area contributed by atoms with Gasteiger partial charge in [0.05, 0.1) is 17.5 Å². The normalized spacial score (nSPS) is 18.0. The van der Waals surface area contributed by atoms with E-state index in [1.807, 2.05) is 0 Å². The topological polar surface area (TPSA) is 53.8 Å². The summed E-state index contributed by atoms with van der Waals surface area (Å²) < 4.78 is 50.9. The van der Waals surface area contributed by atoms with Gasteiger partial charge < -0.3 is 5.32 Å². The van der Waals surface area contributed by atoms with Crippen LogP contribution in [-0.2, 0) is 11.0 Å². The number of hydrogen-bond donors (Lipinski definition) is 1. The number of benzene rings is 1. The molecule has 20 heavy (non-hydrogen) atoms. The molecule has 0 atom stereocenters. The van der Waals surface area contributed by atoms with Crippen LogP contribution in [0.1, 0.15) is 11.1 Å². The maximum atomic E-state index is 12.9. The molecule has 1 aromatic carbocycles. The molecule has 1 aliphatic rings. The SMILES string of the molecule is O=C1CSC(=NN=Cc2ccc(F)cc2C(F)(F)F)N1. The van der Waals surface area contributed by atoms with Crippen molar-refractivity contribution >= 4 is 29.1 Å². The molecule has 9 heteroatoms. The molecule has 4 nitrogen and oxygen atoms in total. The lowest BCUT2D eigenvalue weighted by Gasteiger charge is -2.09. The zero-order valence-corrected chi connectivity index (χ0v) is 10.6. The number of rotatable bonds is 2. The monoisotopic (exact) mass is 305 g/mol. The van der Waals surface area contributed by atoms with Crippen LogP contribution in [0.4, 0.5) is 17.6 Å². The lowest BCUT2D eigenvalue weighted by Crippen LogP contribution is -2.19. The maximum absolute atomic E-state index is 12.9. The lowest BCUT2D eigenvalue weighted by molar-refractivity contribution is -0.137. The van der Waals surface area contributed by atoms with Gasteiger partial charge in [-0.1, -0.05) is 11.8 Å². The summed E-state index contributed by atoms with van der Waals surface area (Å²) in [5.74, 6) is -1.04. The molecule has 1 saturated heterocycles. The summed E-state index contributed by atoms with van der Waals surface area (Å²) in [6.45, 7) is 0. The molecular weight excluding hydrogens is 298 g/mol. The fourth-order valence-corrected chi connectivity index (χ4v) is 2.04. The van der Waals surface area contributed by atoms with Gasteiger partial charge >= 0.3 is 6.18 Å². The van der Waals surface area contributed by atoms with Crippen LogP contribution in [0, 0.1) is 5.82 Å². The van der Waals surface area contributed by atoms with Crippen molar-refractivity contribution < 1.29 is 22.4 Å². The van der Waals surface area contributed by atoms with Gasteiger partial charge in [-0.25, -0.2) is 4.39 Å². The van der Waals surface area contributed by atoms with E-state index in [0.29, 0.717) is 6.07 Å². The van der Waals surface area contributed by atoms with Gasteiger partial charge in [0.1, 0.15) is 5.82 Å². The van der Waals surface area contributed by atoms with Crippen molar-refractivity contribution in [3.05, 3.63) is 35.1 Å². The predicted octanol–water partition coefficient (Wildman–Crippen LogP) is 2.40. The summed E-state index contributed by atoms with van der Waals surface area (Å²) in [4.78, 5) is 10.9. The number of nitrogens with one attached hydrogen (secondary N) is 1. The Bertz CT molecular complexity index is 598. The van der Waals surface area contributed by atoms with Gasteiger partial charge in [-0.15, -0.1) is 5.10 Å². The molecule has 1 N–H and O–H groups in total. The Balaban J connectivity index is 2.23. The largest absolute Gasteiger partial charge is 0.417 e. The highest BCUT2D eigenvalue weighted by atomic mass is 32.2. The second kappa shape index (κ2) is 5.61. The van der Waals surface area contributed by atoms with Crippen LogP contribution in [0.3, 0.4) is 0 Å². The Labute approximate surface area is 115 Å². The molecule has 106 valence electrons. The summed E-state index contributed by atoms with van der Waals surface area (Å²) in [5, 5.41) is 9.62. The van der Waals surface area contributed by atoms with Gasteiger partial charge in [0.25, 0.3) is 0 Å². The number of hydrogen-bond acceptors (Lipinski definition) is 4. The van der Waals surface area contributed by atoms with Crippen molar-refractivity contribution in [1.29, 1.82) is 0 Å².